The molecule has 7 heteroatoms. The SMILES string of the molecule is O=C(NCC(c1ccccc1)c1ccccc1)c1cc2cc(OC(F)(F)F)ccc2[nH]1. The van der Waals surface area contributed by atoms with Gasteiger partial charge in [-0.05, 0) is 35.4 Å². The molecule has 0 spiro atoms. The number of alkyl halides is 3. The van der Waals surface area contributed by atoms with Gasteiger partial charge in [0.05, 0.1) is 0 Å². The number of hydrogen-bond donors (Lipinski definition) is 2. The Hall–Kier alpha value is -3.74. The Labute approximate surface area is 176 Å². The molecule has 0 aliphatic rings. The molecule has 4 rings (SSSR count). The Morgan fingerprint density at radius 1 is 0.903 bits per heavy atom. The molecule has 0 aliphatic carbocycles. The summed E-state index contributed by atoms with van der Waals surface area (Å²) in [6, 6.07) is 25.1. The van der Waals surface area contributed by atoms with Gasteiger partial charge in [0, 0.05) is 23.4 Å². The van der Waals surface area contributed by atoms with Gasteiger partial charge in [-0.3, -0.25) is 4.79 Å². The Kier molecular flexibility index (Phi) is 5.66. The molecular formula is C24H19F3N2O2. The van der Waals surface area contributed by atoms with Crippen LogP contribution in [-0.4, -0.2) is 23.8 Å². The summed E-state index contributed by atoms with van der Waals surface area (Å²) in [4.78, 5) is 15.7. The van der Waals surface area contributed by atoms with Crippen LogP contribution in [-0.2, 0) is 0 Å². The first-order valence-corrected chi connectivity index (χ1v) is 9.66. The summed E-state index contributed by atoms with van der Waals surface area (Å²) in [5.74, 6) is -0.715. The normalized spacial score (nSPS) is 11.6. The third-order valence-corrected chi connectivity index (χ3v) is 4.94. The molecule has 158 valence electrons. The molecular weight excluding hydrogens is 405 g/mol. The predicted molar refractivity (Wildman–Crippen MR) is 112 cm³/mol. The summed E-state index contributed by atoms with van der Waals surface area (Å²) in [6.45, 7) is 0.366. The lowest BCUT2D eigenvalue weighted by Gasteiger charge is -2.18. The minimum Gasteiger partial charge on any atom is -0.406 e. The maximum Gasteiger partial charge on any atom is 0.573 e. The third-order valence-electron chi connectivity index (χ3n) is 4.94. The van der Waals surface area contributed by atoms with Crippen LogP contribution in [0.25, 0.3) is 10.9 Å². The molecule has 0 saturated carbocycles. The Morgan fingerprint density at radius 3 is 2.10 bits per heavy atom. The second kappa shape index (κ2) is 8.55. The predicted octanol–water partition coefficient (Wildman–Crippen LogP) is 5.63. The van der Waals surface area contributed by atoms with Crippen molar-refractivity contribution in [1.82, 2.24) is 10.3 Å². The molecule has 0 fully saturated rings. The Morgan fingerprint density at radius 2 is 1.52 bits per heavy atom. The molecule has 0 atom stereocenters. The minimum absolute atomic E-state index is 0.0393. The average molecular weight is 424 g/mol. The van der Waals surface area contributed by atoms with Gasteiger partial charge in [0.25, 0.3) is 5.91 Å². The molecule has 1 aromatic heterocycles. The van der Waals surface area contributed by atoms with Gasteiger partial charge in [0.1, 0.15) is 11.4 Å². The van der Waals surface area contributed by atoms with Crippen molar-refractivity contribution in [3.63, 3.8) is 0 Å². The maximum absolute atomic E-state index is 12.7. The molecule has 0 unspecified atom stereocenters. The Bertz CT molecular complexity index is 1130. The molecule has 1 amide bonds. The number of fused-ring (bicyclic) bond motifs is 1. The van der Waals surface area contributed by atoms with E-state index in [0.717, 1.165) is 11.1 Å². The molecule has 0 saturated heterocycles. The summed E-state index contributed by atoms with van der Waals surface area (Å²) in [5.41, 5.74) is 2.94. The van der Waals surface area contributed by atoms with E-state index in [-0.39, 0.29) is 23.3 Å². The van der Waals surface area contributed by atoms with Crippen molar-refractivity contribution >= 4 is 16.8 Å². The van der Waals surface area contributed by atoms with Crippen LogP contribution in [0.3, 0.4) is 0 Å². The number of hydrogen-bond acceptors (Lipinski definition) is 2. The maximum atomic E-state index is 12.7. The molecule has 3 aromatic carbocycles. The van der Waals surface area contributed by atoms with Gasteiger partial charge < -0.3 is 15.0 Å². The van der Waals surface area contributed by atoms with Crippen LogP contribution >= 0.6 is 0 Å². The zero-order valence-corrected chi connectivity index (χ0v) is 16.3. The molecule has 31 heavy (non-hydrogen) atoms. The topological polar surface area (TPSA) is 54.1 Å². The summed E-state index contributed by atoms with van der Waals surface area (Å²) < 4.78 is 41.3. The van der Waals surface area contributed by atoms with Gasteiger partial charge in [-0.2, -0.15) is 0 Å². The lowest BCUT2D eigenvalue weighted by molar-refractivity contribution is -0.274. The van der Waals surface area contributed by atoms with Crippen molar-refractivity contribution in [2.24, 2.45) is 0 Å². The number of carbonyl (C=O) groups excluding carboxylic acids is 1. The summed E-state index contributed by atoms with van der Waals surface area (Å²) in [7, 11) is 0. The van der Waals surface area contributed by atoms with E-state index in [9.17, 15) is 18.0 Å². The average Bonchev–Trinajstić information content (AvgIpc) is 3.18. The minimum atomic E-state index is -4.77. The molecule has 4 nitrogen and oxygen atoms in total. The molecule has 0 aliphatic heterocycles. The van der Waals surface area contributed by atoms with Gasteiger partial charge in [-0.1, -0.05) is 60.7 Å². The van der Waals surface area contributed by atoms with E-state index in [2.05, 4.69) is 15.0 Å². The summed E-state index contributed by atoms with van der Waals surface area (Å²) in [6.07, 6.45) is -4.77. The highest BCUT2D eigenvalue weighted by Gasteiger charge is 2.31. The van der Waals surface area contributed by atoms with Crippen LogP contribution in [0.15, 0.2) is 84.9 Å². The smallest absolute Gasteiger partial charge is 0.406 e. The van der Waals surface area contributed by atoms with Crippen LogP contribution in [0.5, 0.6) is 5.75 Å². The number of nitrogens with one attached hydrogen (secondary N) is 2. The first-order chi connectivity index (χ1) is 14.9. The van der Waals surface area contributed by atoms with Crippen molar-refractivity contribution in [3.05, 3.63) is 102 Å². The number of aromatic nitrogens is 1. The van der Waals surface area contributed by atoms with Gasteiger partial charge in [0.15, 0.2) is 0 Å². The van der Waals surface area contributed by atoms with Gasteiger partial charge in [-0.15, -0.1) is 13.2 Å². The molecule has 4 aromatic rings. The van der Waals surface area contributed by atoms with Crippen molar-refractivity contribution < 1.29 is 22.7 Å². The number of carbonyl (C=O) groups is 1. The van der Waals surface area contributed by atoms with E-state index < -0.39 is 6.36 Å². The number of halogens is 3. The van der Waals surface area contributed by atoms with E-state index >= 15 is 0 Å². The van der Waals surface area contributed by atoms with Gasteiger partial charge in [-0.25, -0.2) is 0 Å². The number of benzene rings is 3. The van der Waals surface area contributed by atoms with Crippen LogP contribution < -0.4 is 10.1 Å². The second-order valence-corrected chi connectivity index (χ2v) is 7.06. The summed E-state index contributed by atoms with van der Waals surface area (Å²) >= 11 is 0. The fourth-order valence-electron chi connectivity index (χ4n) is 3.52. The number of aromatic amines is 1. The van der Waals surface area contributed by atoms with Crippen molar-refractivity contribution in [1.29, 1.82) is 0 Å². The van der Waals surface area contributed by atoms with Crippen molar-refractivity contribution in [2.45, 2.75) is 12.3 Å². The highest BCUT2D eigenvalue weighted by Crippen LogP contribution is 2.27. The number of amides is 1. The van der Waals surface area contributed by atoms with Gasteiger partial charge >= 0.3 is 6.36 Å². The van der Waals surface area contributed by atoms with E-state index in [1.807, 2.05) is 60.7 Å². The quantitative estimate of drug-likeness (QED) is 0.422. The number of H-pyrrole nitrogens is 1. The highest BCUT2D eigenvalue weighted by molar-refractivity contribution is 5.98. The molecule has 1 heterocycles. The van der Waals surface area contributed by atoms with E-state index in [1.165, 1.54) is 24.3 Å². The molecule has 0 bridgehead atoms. The van der Waals surface area contributed by atoms with Crippen molar-refractivity contribution in [2.75, 3.05) is 6.54 Å². The fraction of sp³-hybridized carbons (Fsp3) is 0.125. The molecule has 0 radical (unpaired) electrons. The highest BCUT2D eigenvalue weighted by atomic mass is 19.4. The van der Waals surface area contributed by atoms with Gasteiger partial charge in [0.2, 0.25) is 0 Å². The monoisotopic (exact) mass is 424 g/mol. The first-order valence-electron chi connectivity index (χ1n) is 9.66. The van der Waals surface area contributed by atoms with Crippen LogP contribution in [0.2, 0.25) is 0 Å². The summed E-state index contributed by atoms with van der Waals surface area (Å²) in [5, 5.41) is 3.38. The van der Waals surface area contributed by atoms with E-state index in [4.69, 9.17) is 0 Å². The number of rotatable bonds is 6. The van der Waals surface area contributed by atoms with E-state index in [0.29, 0.717) is 17.4 Å². The van der Waals surface area contributed by atoms with Crippen LogP contribution in [0.4, 0.5) is 13.2 Å². The van der Waals surface area contributed by atoms with Crippen molar-refractivity contribution in [3.8, 4) is 5.75 Å². The fourth-order valence-corrected chi connectivity index (χ4v) is 3.52. The van der Waals surface area contributed by atoms with Crippen LogP contribution in [0.1, 0.15) is 27.5 Å². The standard InChI is InChI=1S/C24H19F3N2O2/c25-24(26,27)31-19-11-12-21-18(13-19)14-22(29-21)23(30)28-15-20(16-7-3-1-4-8-16)17-9-5-2-6-10-17/h1-14,20,29H,15H2,(H,28,30). The largest absolute Gasteiger partial charge is 0.573 e. The van der Waals surface area contributed by atoms with Crippen LogP contribution in [0, 0.1) is 0 Å². The lowest BCUT2D eigenvalue weighted by Crippen LogP contribution is -2.29. The van der Waals surface area contributed by atoms with E-state index in [1.54, 1.807) is 0 Å². The number of ether oxygens (including phenoxy) is 1. The first kappa shape index (κ1) is 20.5. The Balaban J connectivity index is 1.52. The second-order valence-electron chi connectivity index (χ2n) is 7.06. The zero-order chi connectivity index (χ0) is 21.8. The third kappa shape index (κ3) is 5.06. The lowest BCUT2D eigenvalue weighted by atomic mass is 9.91. The molecule has 2 N–H and O–H groups in total. The zero-order valence-electron chi connectivity index (χ0n) is 16.3.